The number of rotatable bonds is 2. The maximum Gasteiger partial charge on any atom is 0.123 e. The highest BCUT2D eigenvalue weighted by Crippen LogP contribution is 2.26. The van der Waals surface area contributed by atoms with Crippen LogP contribution < -0.4 is 0 Å². The van der Waals surface area contributed by atoms with E-state index in [-0.39, 0.29) is 5.82 Å². The molecular formula is C14H15FN2O. The van der Waals surface area contributed by atoms with Crippen LogP contribution in [0.4, 0.5) is 4.39 Å². The highest BCUT2D eigenvalue weighted by Gasteiger charge is 2.16. The van der Waals surface area contributed by atoms with E-state index in [1.54, 1.807) is 26.0 Å². The molecule has 0 amide bonds. The molecule has 0 saturated heterocycles. The fourth-order valence-electron chi connectivity index (χ4n) is 1.96. The molecule has 3 nitrogen and oxygen atoms in total. The van der Waals surface area contributed by atoms with Crippen LogP contribution in [0.25, 0.3) is 0 Å². The fourth-order valence-corrected chi connectivity index (χ4v) is 1.96. The second-order valence-electron chi connectivity index (χ2n) is 4.43. The average molecular weight is 246 g/mol. The van der Waals surface area contributed by atoms with Crippen molar-refractivity contribution in [3.63, 3.8) is 0 Å². The molecule has 0 saturated carbocycles. The molecule has 1 unspecified atom stereocenters. The lowest BCUT2D eigenvalue weighted by Gasteiger charge is -2.16. The zero-order valence-electron chi connectivity index (χ0n) is 10.6. The molecule has 1 atom stereocenters. The van der Waals surface area contributed by atoms with Gasteiger partial charge in [-0.15, -0.1) is 0 Å². The molecule has 4 heteroatoms. The molecule has 1 N–H and O–H groups in total. The van der Waals surface area contributed by atoms with E-state index >= 15 is 0 Å². The molecule has 0 radical (unpaired) electrons. The first-order chi connectivity index (χ1) is 8.49. The van der Waals surface area contributed by atoms with E-state index in [1.165, 1.54) is 12.1 Å². The molecule has 18 heavy (non-hydrogen) atoms. The number of aliphatic hydroxyl groups excluding tert-OH is 1. The zero-order valence-corrected chi connectivity index (χ0v) is 10.6. The standard InChI is InChI=1S/C14H15FN2O/c1-8-6-11(15)4-5-12(8)14(18)13-7-9(2)16-17-10(13)3/h4-7,14,18H,1-3H3. The number of hydrogen-bond acceptors (Lipinski definition) is 3. The zero-order chi connectivity index (χ0) is 13.3. The van der Waals surface area contributed by atoms with Crippen LogP contribution in [-0.4, -0.2) is 15.3 Å². The SMILES string of the molecule is Cc1cc(C(O)c2ccc(F)cc2C)c(C)nn1. The molecule has 0 fully saturated rings. The van der Waals surface area contributed by atoms with Crippen LogP contribution in [0.2, 0.25) is 0 Å². The van der Waals surface area contributed by atoms with Crippen LogP contribution in [0, 0.1) is 26.6 Å². The van der Waals surface area contributed by atoms with Gasteiger partial charge >= 0.3 is 0 Å². The van der Waals surface area contributed by atoms with Crippen molar-refractivity contribution in [1.29, 1.82) is 0 Å². The van der Waals surface area contributed by atoms with Gasteiger partial charge in [-0.25, -0.2) is 4.39 Å². The van der Waals surface area contributed by atoms with Crippen molar-refractivity contribution in [3.05, 3.63) is 58.2 Å². The summed E-state index contributed by atoms with van der Waals surface area (Å²) in [6, 6.07) is 6.16. The molecule has 94 valence electrons. The largest absolute Gasteiger partial charge is 0.384 e. The van der Waals surface area contributed by atoms with Gasteiger partial charge in [0.25, 0.3) is 0 Å². The first kappa shape index (κ1) is 12.6. The van der Waals surface area contributed by atoms with Crippen LogP contribution in [0.5, 0.6) is 0 Å². The van der Waals surface area contributed by atoms with Crippen molar-refractivity contribution in [1.82, 2.24) is 10.2 Å². The van der Waals surface area contributed by atoms with Crippen LogP contribution in [0.3, 0.4) is 0 Å². The Bertz CT molecular complexity index is 584. The van der Waals surface area contributed by atoms with E-state index in [9.17, 15) is 9.50 Å². The van der Waals surface area contributed by atoms with Crippen LogP contribution in [0.1, 0.15) is 34.2 Å². The second-order valence-corrected chi connectivity index (χ2v) is 4.43. The first-order valence-electron chi connectivity index (χ1n) is 5.74. The number of nitrogens with zero attached hydrogens (tertiary/aromatic N) is 2. The van der Waals surface area contributed by atoms with E-state index in [0.29, 0.717) is 16.8 Å². The first-order valence-corrected chi connectivity index (χ1v) is 5.74. The molecular weight excluding hydrogens is 231 g/mol. The topological polar surface area (TPSA) is 46.0 Å². The Kier molecular flexibility index (Phi) is 3.39. The maximum atomic E-state index is 13.1. The Morgan fingerprint density at radius 2 is 1.78 bits per heavy atom. The average Bonchev–Trinajstić information content (AvgIpc) is 2.31. The smallest absolute Gasteiger partial charge is 0.123 e. The summed E-state index contributed by atoms with van der Waals surface area (Å²) >= 11 is 0. The summed E-state index contributed by atoms with van der Waals surface area (Å²) < 4.78 is 13.1. The van der Waals surface area contributed by atoms with Crippen molar-refractivity contribution >= 4 is 0 Å². The maximum absolute atomic E-state index is 13.1. The lowest BCUT2D eigenvalue weighted by molar-refractivity contribution is 0.217. The van der Waals surface area contributed by atoms with E-state index in [2.05, 4.69) is 10.2 Å². The van der Waals surface area contributed by atoms with Gasteiger partial charge in [0.1, 0.15) is 11.9 Å². The van der Waals surface area contributed by atoms with E-state index in [1.807, 2.05) is 6.92 Å². The Morgan fingerprint density at radius 3 is 2.44 bits per heavy atom. The highest BCUT2D eigenvalue weighted by atomic mass is 19.1. The van der Waals surface area contributed by atoms with Crippen LogP contribution >= 0.6 is 0 Å². The van der Waals surface area contributed by atoms with Gasteiger partial charge in [-0.2, -0.15) is 10.2 Å². The Balaban J connectivity index is 2.47. The van der Waals surface area contributed by atoms with E-state index in [0.717, 1.165) is 11.3 Å². The molecule has 1 aromatic carbocycles. The summed E-state index contributed by atoms with van der Waals surface area (Å²) in [6.07, 6.45) is -0.806. The lowest BCUT2D eigenvalue weighted by Crippen LogP contribution is -2.07. The summed E-state index contributed by atoms with van der Waals surface area (Å²) in [4.78, 5) is 0. The van der Waals surface area contributed by atoms with E-state index < -0.39 is 6.10 Å². The number of hydrogen-bond donors (Lipinski definition) is 1. The minimum atomic E-state index is -0.806. The van der Waals surface area contributed by atoms with Gasteiger partial charge < -0.3 is 5.11 Å². The van der Waals surface area contributed by atoms with Crippen LogP contribution in [0.15, 0.2) is 24.3 Å². The Labute approximate surface area is 105 Å². The third-order valence-electron chi connectivity index (χ3n) is 2.96. The molecule has 0 bridgehead atoms. The molecule has 2 rings (SSSR count). The summed E-state index contributed by atoms with van der Waals surface area (Å²) in [6.45, 7) is 5.39. The van der Waals surface area contributed by atoms with Gasteiger partial charge in [-0.1, -0.05) is 6.07 Å². The predicted molar refractivity (Wildman–Crippen MR) is 66.7 cm³/mol. The van der Waals surface area contributed by atoms with Gasteiger partial charge in [0.05, 0.1) is 11.4 Å². The van der Waals surface area contributed by atoms with Crippen molar-refractivity contribution in [2.45, 2.75) is 26.9 Å². The lowest BCUT2D eigenvalue weighted by atomic mass is 9.96. The minimum Gasteiger partial charge on any atom is -0.384 e. The monoisotopic (exact) mass is 246 g/mol. The third kappa shape index (κ3) is 2.38. The van der Waals surface area contributed by atoms with Crippen LogP contribution in [-0.2, 0) is 0 Å². The van der Waals surface area contributed by atoms with Gasteiger partial charge in [0.2, 0.25) is 0 Å². The van der Waals surface area contributed by atoms with Crippen molar-refractivity contribution in [2.24, 2.45) is 0 Å². The Hall–Kier alpha value is -1.81. The molecule has 0 spiro atoms. The molecule has 1 aromatic heterocycles. The molecule has 2 aromatic rings. The van der Waals surface area contributed by atoms with Gasteiger partial charge in [0, 0.05) is 5.56 Å². The fraction of sp³-hybridized carbons (Fsp3) is 0.286. The summed E-state index contributed by atoms with van der Waals surface area (Å²) in [5.74, 6) is -0.302. The predicted octanol–water partition coefficient (Wildman–Crippen LogP) is 2.62. The minimum absolute atomic E-state index is 0.302. The third-order valence-corrected chi connectivity index (χ3v) is 2.96. The van der Waals surface area contributed by atoms with Crippen molar-refractivity contribution in [2.75, 3.05) is 0 Å². The molecule has 0 aliphatic carbocycles. The second kappa shape index (κ2) is 4.82. The number of aromatic nitrogens is 2. The summed E-state index contributed by atoms with van der Waals surface area (Å²) in [5.41, 5.74) is 3.53. The number of halogens is 1. The van der Waals surface area contributed by atoms with E-state index in [4.69, 9.17) is 0 Å². The highest BCUT2D eigenvalue weighted by molar-refractivity contribution is 5.37. The quantitative estimate of drug-likeness (QED) is 0.886. The summed E-state index contributed by atoms with van der Waals surface area (Å²) in [5, 5.41) is 18.3. The Morgan fingerprint density at radius 1 is 1.06 bits per heavy atom. The van der Waals surface area contributed by atoms with Crippen molar-refractivity contribution < 1.29 is 9.50 Å². The molecule has 1 heterocycles. The number of aryl methyl sites for hydroxylation is 3. The van der Waals surface area contributed by atoms with Gasteiger partial charge in [-0.05, 0) is 50.1 Å². The molecule has 0 aliphatic heterocycles. The normalized spacial score (nSPS) is 12.5. The van der Waals surface area contributed by atoms with Gasteiger partial charge in [-0.3, -0.25) is 0 Å². The van der Waals surface area contributed by atoms with Gasteiger partial charge in [0.15, 0.2) is 0 Å². The van der Waals surface area contributed by atoms with Crippen molar-refractivity contribution in [3.8, 4) is 0 Å². The number of benzene rings is 1. The number of aliphatic hydroxyl groups is 1. The molecule has 0 aliphatic rings. The summed E-state index contributed by atoms with van der Waals surface area (Å²) in [7, 11) is 0.